The molecule has 0 aliphatic heterocycles. The molecular weight excluding hydrogens is 206 g/mol. The highest BCUT2D eigenvalue weighted by molar-refractivity contribution is 6.60. The summed E-state index contributed by atoms with van der Waals surface area (Å²) in [7, 11) is -1.56. The highest BCUT2D eigenvalue weighted by atomic mass is 19.1. The highest BCUT2D eigenvalue weighted by Gasteiger charge is 2.16. The Labute approximate surface area is 93.1 Å². The topological polar surface area (TPSA) is 40.5 Å². The van der Waals surface area contributed by atoms with Gasteiger partial charge in [-0.1, -0.05) is 36.4 Å². The second-order valence-electron chi connectivity index (χ2n) is 3.47. The third kappa shape index (κ3) is 2.13. The monoisotopic (exact) mass is 216 g/mol. The molecule has 0 saturated carbocycles. The summed E-state index contributed by atoms with van der Waals surface area (Å²) in [6, 6.07) is 12.8. The van der Waals surface area contributed by atoms with Gasteiger partial charge in [0, 0.05) is 0 Å². The largest absolute Gasteiger partial charge is 0.489 e. The maximum Gasteiger partial charge on any atom is 0.489 e. The molecule has 2 nitrogen and oxygen atoms in total. The molecule has 0 aromatic heterocycles. The van der Waals surface area contributed by atoms with Crippen molar-refractivity contribution in [3.63, 3.8) is 0 Å². The zero-order chi connectivity index (χ0) is 11.5. The minimum Gasteiger partial charge on any atom is -0.423 e. The molecule has 0 bridgehead atoms. The van der Waals surface area contributed by atoms with Crippen molar-refractivity contribution in [1.82, 2.24) is 0 Å². The summed E-state index contributed by atoms with van der Waals surface area (Å²) in [4.78, 5) is 0. The van der Waals surface area contributed by atoms with Crippen molar-refractivity contribution in [3.8, 4) is 11.1 Å². The molecule has 0 radical (unpaired) electrons. The number of benzene rings is 2. The lowest BCUT2D eigenvalue weighted by atomic mass is 9.75. The maximum atomic E-state index is 13.1. The van der Waals surface area contributed by atoms with Crippen molar-refractivity contribution >= 4 is 12.6 Å². The van der Waals surface area contributed by atoms with Gasteiger partial charge in [0.1, 0.15) is 5.82 Å². The van der Waals surface area contributed by atoms with Crippen LogP contribution in [-0.2, 0) is 0 Å². The van der Waals surface area contributed by atoms with Gasteiger partial charge in [0.25, 0.3) is 0 Å². The first-order chi connectivity index (χ1) is 7.68. The summed E-state index contributed by atoms with van der Waals surface area (Å²) in [5.74, 6) is -0.347. The van der Waals surface area contributed by atoms with E-state index in [1.807, 2.05) is 0 Å². The van der Waals surface area contributed by atoms with E-state index in [0.29, 0.717) is 16.6 Å². The third-order valence-electron chi connectivity index (χ3n) is 2.37. The fraction of sp³-hybridized carbons (Fsp3) is 0. The van der Waals surface area contributed by atoms with Crippen molar-refractivity contribution in [2.75, 3.05) is 0 Å². The lowest BCUT2D eigenvalue weighted by Gasteiger charge is -2.08. The van der Waals surface area contributed by atoms with E-state index in [0.717, 1.165) is 0 Å². The minimum absolute atomic E-state index is 0.347. The predicted octanol–water partition coefficient (Wildman–Crippen LogP) is 1.17. The van der Waals surface area contributed by atoms with E-state index in [1.165, 1.54) is 12.1 Å². The van der Waals surface area contributed by atoms with Gasteiger partial charge in [-0.05, 0) is 28.7 Å². The summed E-state index contributed by atoms with van der Waals surface area (Å²) in [5.41, 5.74) is 1.62. The fourth-order valence-electron chi connectivity index (χ4n) is 1.64. The van der Waals surface area contributed by atoms with Gasteiger partial charge in [-0.25, -0.2) is 4.39 Å². The normalized spacial score (nSPS) is 10.2. The first-order valence-corrected chi connectivity index (χ1v) is 4.89. The van der Waals surface area contributed by atoms with Gasteiger partial charge in [-0.15, -0.1) is 0 Å². The van der Waals surface area contributed by atoms with Crippen LogP contribution in [0.5, 0.6) is 0 Å². The van der Waals surface area contributed by atoms with E-state index < -0.39 is 7.12 Å². The molecule has 4 heteroatoms. The molecule has 0 spiro atoms. The van der Waals surface area contributed by atoms with Crippen LogP contribution in [0.15, 0.2) is 48.5 Å². The zero-order valence-electron chi connectivity index (χ0n) is 8.47. The van der Waals surface area contributed by atoms with E-state index in [4.69, 9.17) is 0 Å². The molecule has 0 aliphatic rings. The quantitative estimate of drug-likeness (QED) is 0.739. The smallest absolute Gasteiger partial charge is 0.423 e. The Hall–Kier alpha value is -1.65. The molecule has 0 amide bonds. The summed E-state index contributed by atoms with van der Waals surface area (Å²) >= 11 is 0. The van der Waals surface area contributed by atoms with Crippen LogP contribution in [0, 0.1) is 5.82 Å². The lowest BCUT2D eigenvalue weighted by molar-refractivity contribution is 0.426. The molecule has 80 valence electrons. The van der Waals surface area contributed by atoms with Crippen LogP contribution in [0.25, 0.3) is 11.1 Å². The number of rotatable bonds is 2. The Morgan fingerprint density at radius 3 is 2.38 bits per heavy atom. The first kappa shape index (κ1) is 10.9. The summed E-state index contributed by atoms with van der Waals surface area (Å²) < 4.78 is 13.1. The van der Waals surface area contributed by atoms with Crippen LogP contribution in [-0.4, -0.2) is 17.2 Å². The Balaban J connectivity index is 2.55. The van der Waals surface area contributed by atoms with Crippen LogP contribution in [0.3, 0.4) is 0 Å². The van der Waals surface area contributed by atoms with Crippen LogP contribution >= 0.6 is 0 Å². The summed E-state index contributed by atoms with van der Waals surface area (Å²) in [6.07, 6.45) is 0. The SMILES string of the molecule is OB(O)c1ccccc1-c1cccc(F)c1. The van der Waals surface area contributed by atoms with Crippen LogP contribution in [0.1, 0.15) is 0 Å². The van der Waals surface area contributed by atoms with E-state index in [9.17, 15) is 14.4 Å². The first-order valence-electron chi connectivity index (χ1n) is 4.89. The molecular formula is C12H10BFO2. The second kappa shape index (κ2) is 4.47. The van der Waals surface area contributed by atoms with Gasteiger partial charge in [0.2, 0.25) is 0 Å². The summed E-state index contributed by atoms with van der Waals surface area (Å²) in [5, 5.41) is 18.4. The molecule has 0 aliphatic carbocycles. The zero-order valence-corrected chi connectivity index (χ0v) is 8.47. The van der Waals surface area contributed by atoms with E-state index in [-0.39, 0.29) is 5.82 Å². The maximum absolute atomic E-state index is 13.1. The molecule has 0 heterocycles. The number of halogens is 1. The van der Waals surface area contributed by atoms with Gasteiger partial charge >= 0.3 is 7.12 Å². The van der Waals surface area contributed by atoms with Crippen molar-refractivity contribution in [2.24, 2.45) is 0 Å². The fourth-order valence-corrected chi connectivity index (χ4v) is 1.64. The van der Waals surface area contributed by atoms with Crippen LogP contribution in [0.2, 0.25) is 0 Å². The van der Waals surface area contributed by atoms with Crippen LogP contribution in [0.4, 0.5) is 4.39 Å². The standard InChI is InChI=1S/C12H10BFO2/c14-10-5-3-4-9(8-10)11-6-1-2-7-12(11)13(15)16/h1-8,15-16H. The Kier molecular flexibility index (Phi) is 3.03. The predicted molar refractivity (Wildman–Crippen MR) is 61.7 cm³/mol. The van der Waals surface area contributed by atoms with Crippen molar-refractivity contribution < 1.29 is 14.4 Å². The molecule has 16 heavy (non-hydrogen) atoms. The van der Waals surface area contributed by atoms with Crippen molar-refractivity contribution in [2.45, 2.75) is 0 Å². The van der Waals surface area contributed by atoms with Crippen LogP contribution < -0.4 is 5.46 Å². The second-order valence-corrected chi connectivity index (χ2v) is 3.47. The van der Waals surface area contributed by atoms with Gasteiger partial charge in [-0.3, -0.25) is 0 Å². The van der Waals surface area contributed by atoms with Crippen molar-refractivity contribution in [1.29, 1.82) is 0 Å². The van der Waals surface area contributed by atoms with E-state index in [1.54, 1.807) is 36.4 Å². The van der Waals surface area contributed by atoms with E-state index >= 15 is 0 Å². The average molecular weight is 216 g/mol. The Bertz CT molecular complexity index is 500. The molecule has 2 rings (SSSR count). The molecule has 2 aromatic rings. The Morgan fingerprint density at radius 2 is 1.69 bits per heavy atom. The number of hydrogen-bond acceptors (Lipinski definition) is 2. The average Bonchev–Trinajstić information content (AvgIpc) is 2.29. The van der Waals surface area contributed by atoms with Crippen molar-refractivity contribution in [3.05, 3.63) is 54.3 Å². The minimum atomic E-state index is -1.56. The van der Waals surface area contributed by atoms with E-state index in [2.05, 4.69) is 0 Å². The molecule has 2 N–H and O–H groups in total. The molecule has 0 fully saturated rings. The number of hydrogen-bond donors (Lipinski definition) is 2. The van der Waals surface area contributed by atoms with Gasteiger partial charge in [-0.2, -0.15) is 0 Å². The van der Waals surface area contributed by atoms with Gasteiger partial charge in [0.05, 0.1) is 0 Å². The molecule has 2 aromatic carbocycles. The van der Waals surface area contributed by atoms with Gasteiger partial charge in [0.15, 0.2) is 0 Å². The lowest BCUT2D eigenvalue weighted by Crippen LogP contribution is -2.31. The molecule has 0 saturated heterocycles. The Morgan fingerprint density at radius 1 is 0.938 bits per heavy atom. The summed E-state index contributed by atoms with van der Waals surface area (Å²) in [6.45, 7) is 0. The molecule has 0 atom stereocenters. The third-order valence-corrected chi connectivity index (χ3v) is 2.37. The molecule has 0 unspecified atom stereocenters. The highest BCUT2D eigenvalue weighted by Crippen LogP contribution is 2.18. The van der Waals surface area contributed by atoms with Gasteiger partial charge < -0.3 is 10.0 Å².